The molecule has 0 radical (unpaired) electrons. The standard InChI is InChI=1S/C13H24N2O3/c1-5-11(16)15-8-6-14(7-9-15)10-12(17)18-13(2,3)4/h5-10H2,1-4H3. The third-order valence-corrected chi connectivity index (χ3v) is 2.80. The maximum atomic E-state index is 11.7. The van der Waals surface area contributed by atoms with E-state index in [1.165, 1.54) is 0 Å². The minimum atomic E-state index is -0.433. The molecule has 104 valence electrons. The van der Waals surface area contributed by atoms with Crippen LogP contribution in [-0.4, -0.2) is 60.0 Å². The van der Waals surface area contributed by atoms with Crippen molar-refractivity contribution in [2.75, 3.05) is 32.7 Å². The van der Waals surface area contributed by atoms with Crippen molar-refractivity contribution in [2.24, 2.45) is 0 Å². The summed E-state index contributed by atoms with van der Waals surface area (Å²) >= 11 is 0. The summed E-state index contributed by atoms with van der Waals surface area (Å²) < 4.78 is 5.27. The third kappa shape index (κ3) is 5.04. The Balaban J connectivity index is 2.31. The first-order valence-corrected chi connectivity index (χ1v) is 6.54. The van der Waals surface area contributed by atoms with Gasteiger partial charge >= 0.3 is 5.97 Å². The Morgan fingerprint density at radius 2 is 1.67 bits per heavy atom. The van der Waals surface area contributed by atoms with Gasteiger partial charge in [-0.2, -0.15) is 0 Å². The molecule has 0 aromatic carbocycles. The number of hydrogen-bond acceptors (Lipinski definition) is 4. The van der Waals surface area contributed by atoms with Gasteiger partial charge in [0.25, 0.3) is 0 Å². The lowest BCUT2D eigenvalue weighted by atomic mass is 10.2. The molecule has 0 saturated carbocycles. The van der Waals surface area contributed by atoms with Crippen LogP contribution >= 0.6 is 0 Å². The Hall–Kier alpha value is -1.10. The molecule has 1 heterocycles. The number of carbonyl (C=O) groups is 2. The quantitative estimate of drug-likeness (QED) is 0.703. The molecule has 1 aliphatic heterocycles. The number of hydrogen-bond donors (Lipinski definition) is 0. The minimum Gasteiger partial charge on any atom is -0.459 e. The number of carbonyl (C=O) groups excluding carboxylic acids is 2. The highest BCUT2D eigenvalue weighted by atomic mass is 16.6. The Labute approximate surface area is 109 Å². The second-order valence-corrected chi connectivity index (χ2v) is 5.60. The molecule has 1 aliphatic rings. The van der Waals surface area contributed by atoms with Crippen molar-refractivity contribution in [3.63, 3.8) is 0 Å². The zero-order valence-corrected chi connectivity index (χ0v) is 11.9. The number of esters is 1. The van der Waals surface area contributed by atoms with Crippen LogP contribution < -0.4 is 0 Å². The van der Waals surface area contributed by atoms with E-state index in [0.29, 0.717) is 26.1 Å². The summed E-state index contributed by atoms with van der Waals surface area (Å²) in [6, 6.07) is 0. The lowest BCUT2D eigenvalue weighted by molar-refractivity contribution is -0.156. The highest BCUT2D eigenvalue weighted by Crippen LogP contribution is 2.09. The van der Waals surface area contributed by atoms with Crippen LogP contribution in [-0.2, 0) is 14.3 Å². The Morgan fingerprint density at radius 1 is 1.11 bits per heavy atom. The zero-order chi connectivity index (χ0) is 13.8. The van der Waals surface area contributed by atoms with Crippen molar-refractivity contribution >= 4 is 11.9 Å². The van der Waals surface area contributed by atoms with Crippen molar-refractivity contribution in [2.45, 2.75) is 39.7 Å². The zero-order valence-electron chi connectivity index (χ0n) is 11.9. The van der Waals surface area contributed by atoms with E-state index in [9.17, 15) is 9.59 Å². The maximum absolute atomic E-state index is 11.7. The maximum Gasteiger partial charge on any atom is 0.320 e. The van der Waals surface area contributed by atoms with Gasteiger partial charge in [0.05, 0.1) is 6.54 Å². The summed E-state index contributed by atoms with van der Waals surface area (Å²) in [4.78, 5) is 27.0. The van der Waals surface area contributed by atoms with Crippen molar-refractivity contribution in [3.8, 4) is 0 Å². The van der Waals surface area contributed by atoms with Crippen LogP contribution in [0.5, 0.6) is 0 Å². The molecule has 0 spiro atoms. The highest BCUT2D eigenvalue weighted by molar-refractivity contribution is 5.76. The van der Waals surface area contributed by atoms with Gasteiger partial charge in [-0.3, -0.25) is 14.5 Å². The van der Waals surface area contributed by atoms with E-state index in [0.717, 1.165) is 13.1 Å². The fourth-order valence-corrected chi connectivity index (χ4v) is 1.94. The summed E-state index contributed by atoms with van der Waals surface area (Å²) in [5, 5.41) is 0. The predicted molar refractivity (Wildman–Crippen MR) is 69.2 cm³/mol. The number of rotatable bonds is 3. The van der Waals surface area contributed by atoms with Gasteiger partial charge in [0.2, 0.25) is 5.91 Å². The van der Waals surface area contributed by atoms with Gasteiger partial charge in [0.1, 0.15) is 5.60 Å². The van der Waals surface area contributed by atoms with E-state index in [4.69, 9.17) is 4.74 Å². The van der Waals surface area contributed by atoms with Crippen LogP contribution in [0, 0.1) is 0 Å². The van der Waals surface area contributed by atoms with Crippen LogP contribution in [0.15, 0.2) is 0 Å². The number of amides is 1. The van der Waals surface area contributed by atoms with Crippen molar-refractivity contribution in [1.82, 2.24) is 9.80 Å². The SMILES string of the molecule is CCC(=O)N1CCN(CC(=O)OC(C)(C)C)CC1. The molecule has 1 rings (SSSR count). The molecular formula is C13H24N2O3. The average Bonchev–Trinajstić information content (AvgIpc) is 2.26. The first-order valence-electron chi connectivity index (χ1n) is 6.54. The number of nitrogens with zero attached hydrogens (tertiary/aromatic N) is 2. The highest BCUT2D eigenvalue weighted by Gasteiger charge is 2.23. The molecule has 5 nitrogen and oxygen atoms in total. The third-order valence-electron chi connectivity index (χ3n) is 2.80. The fraction of sp³-hybridized carbons (Fsp3) is 0.846. The van der Waals surface area contributed by atoms with Gasteiger partial charge < -0.3 is 9.64 Å². The summed E-state index contributed by atoms with van der Waals surface area (Å²) in [5.41, 5.74) is -0.433. The van der Waals surface area contributed by atoms with Gasteiger partial charge in [-0.25, -0.2) is 0 Å². The molecule has 1 fully saturated rings. The summed E-state index contributed by atoms with van der Waals surface area (Å²) in [7, 11) is 0. The van der Waals surface area contributed by atoms with Gasteiger partial charge in [-0.1, -0.05) is 6.92 Å². The molecule has 18 heavy (non-hydrogen) atoms. The van der Waals surface area contributed by atoms with E-state index < -0.39 is 5.60 Å². The molecule has 5 heteroatoms. The first-order chi connectivity index (χ1) is 8.31. The second-order valence-electron chi connectivity index (χ2n) is 5.60. The van der Waals surface area contributed by atoms with Crippen LogP contribution in [0.25, 0.3) is 0 Å². The Kier molecular flexibility index (Phi) is 5.14. The van der Waals surface area contributed by atoms with Crippen LogP contribution in [0.1, 0.15) is 34.1 Å². The largest absolute Gasteiger partial charge is 0.459 e. The molecule has 0 bridgehead atoms. The lowest BCUT2D eigenvalue weighted by Crippen LogP contribution is -2.50. The minimum absolute atomic E-state index is 0.187. The van der Waals surface area contributed by atoms with Gasteiger partial charge in [0, 0.05) is 32.6 Å². The molecule has 0 unspecified atom stereocenters. The van der Waals surface area contributed by atoms with Crippen molar-refractivity contribution in [1.29, 1.82) is 0 Å². The topological polar surface area (TPSA) is 49.9 Å². The van der Waals surface area contributed by atoms with Crippen molar-refractivity contribution in [3.05, 3.63) is 0 Å². The van der Waals surface area contributed by atoms with Gasteiger partial charge in [-0.15, -0.1) is 0 Å². The molecule has 0 N–H and O–H groups in total. The van der Waals surface area contributed by atoms with Crippen LogP contribution in [0.4, 0.5) is 0 Å². The molecule has 0 aromatic rings. The van der Waals surface area contributed by atoms with E-state index in [2.05, 4.69) is 0 Å². The van der Waals surface area contributed by atoms with Crippen LogP contribution in [0.3, 0.4) is 0 Å². The van der Waals surface area contributed by atoms with E-state index in [1.54, 1.807) is 0 Å². The molecule has 0 aromatic heterocycles. The molecule has 0 atom stereocenters. The Morgan fingerprint density at radius 3 is 2.11 bits per heavy atom. The molecule has 1 amide bonds. The summed E-state index contributed by atoms with van der Waals surface area (Å²) in [6.45, 7) is 10.7. The molecule has 0 aliphatic carbocycles. The Bertz CT molecular complexity index is 302. The molecular weight excluding hydrogens is 232 g/mol. The van der Waals surface area contributed by atoms with Crippen LogP contribution in [0.2, 0.25) is 0 Å². The monoisotopic (exact) mass is 256 g/mol. The summed E-state index contributed by atoms with van der Waals surface area (Å²) in [5.74, 6) is -0.00955. The smallest absolute Gasteiger partial charge is 0.320 e. The van der Waals surface area contributed by atoms with E-state index in [-0.39, 0.29) is 11.9 Å². The lowest BCUT2D eigenvalue weighted by Gasteiger charge is -2.34. The van der Waals surface area contributed by atoms with E-state index in [1.807, 2.05) is 37.5 Å². The van der Waals surface area contributed by atoms with Gasteiger partial charge in [0.15, 0.2) is 0 Å². The average molecular weight is 256 g/mol. The summed E-state index contributed by atoms with van der Waals surface area (Å²) in [6.07, 6.45) is 0.548. The number of ether oxygens (including phenoxy) is 1. The predicted octanol–water partition coefficient (Wildman–Crippen LogP) is 0.882. The first kappa shape index (κ1) is 15.0. The van der Waals surface area contributed by atoms with Crippen molar-refractivity contribution < 1.29 is 14.3 Å². The normalized spacial score (nSPS) is 17.7. The van der Waals surface area contributed by atoms with Gasteiger partial charge in [-0.05, 0) is 20.8 Å². The fourth-order valence-electron chi connectivity index (χ4n) is 1.94. The van der Waals surface area contributed by atoms with E-state index >= 15 is 0 Å². The second kappa shape index (κ2) is 6.18. The molecule has 1 saturated heterocycles. The number of piperazine rings is 1.